The highest BCUT2D eigenvalue weighted by atomic mass is 16.1. The van der Waals surface area contributed by atoms with Crippen molar-refractivity contribution in [2.24, 2.45) is 0 Å². The molecule has 2 aliphatic heterocycles. The molecule has 0 saturated carbocycles. The molecule has 16 heavy (non-hydrogen) atoms. The van der Waals surface area contributed by atoms with Gasteiger partial charge in [-0.2, -0.15) is 0 Å². The van der Waals surface area contributed by atoms with Crippen molar-refractivity contribution in [3.05, 3.63) is 0 Å². The van der Waals surface area contributed by atoms with E-state index in [0.717, 1.165) is 38.9 Å². The first-order chi connectivity index (χ1) is 7.83. The SMILES string of the molecule is CCCC(=O)C1CCCN1C1CCNCC1. The predicted molar refractivity (Wildman–Crippen MR) is 65.5 cm³/mol. The predicted octanol–water partition coefficient (Wildman–Crippen LogP) is 1.57. The van der Waals surface area contributed by atoms with Crippen LogP contribution in [0.1, 0.15) is 45.4 Å². The van der Waals surface area contributed by atoms with Gasteiger partial charge in [0, 0.05) is 12.5 Å². The Morgan fingerprint density at radius 1 is 1.31 bits per heavy atom. The van der Waals surface area contributed by atoms with E-state index in [2.05, 4.69) is 17.1 Å². The third-order valence-corrected chi connectivity index (χ3v) is 3.94. The summed E-state index contributed by atoms with van der Waals surface area (Å²) in [5, 5.41) is 3.40. The Hall–Kier alpha value is -0.410. The summed E-state index contributed by atoms with van der Waals surface area (Å²) >= 11 is 0. The fourth-order valence-corrected chi connectivity index (χ4v) is 3.12. The molecule has 1 unspecified atom stereocenters. The second-order valence-corrected chi connectivity index (χ2v) is 5.09. The number of rotatable bonds is 4. The molecule has 2 fully saturated rings. The van der Waals surface area contributed by atoms with Crippen molar-refractivity contribution in [1.29, 1.82) is 0 Å². The lowest BCUT2D eigenvalue weighted by molar-refractivity contribution is -0.124. The molecule has 0 radical (unpaired) electrons. The van der Waals surface area contributed by atoms with Crippen molar-refractivity contribution < 1.29 is 4.79 Å². The van der Waals surface area contributed by atoms with Gasteiger partial charge in [-0.15, -0.1) is 0 Å². The van der Waals surface area contributed by atoms with Gasteiger partial charge >= 0.3 is 0 Å². The molecule has 1 N–H and O–H groups in total. The normalized spacial score (nSPS) is 28.4. The lowest BCUT2D eigenvalue weighted by Gasteiger charge is -2.35. The van der Waals surface area contributed by atoms with Crippen LogP contribution in [0.25, 0.3) is 0 Å². The molecule has 0 aromatic heterocycles. The first-order valence-corrected chi connectivity index (χ1v) is 6.82. The number of ketones is 1. The van der Waals surface area contributed by atoms with E-state index in [1.165, 1.54) is 19.3 Å². The van der Waals surface area contributed by atoms with E-state index in [0.29, 0.717) is 11.8 Å². The molecule has 2 heterocycles. The average molecular weight is 224 g/mol. The van der Waals surface area contributed by atoms with Crippen LogP contribution in [0.3, 0.4) is 0 Å². The van der Waals surface area contributed by atoms with Crippen LogP contribution in [0.5, 0.6) is 0 Å². The molecule has 3 nitrogen and oxygen atoms in total. The van der Waals surface area contributed by atoms with Crippen LogP contribution in [0.2, 0.25) is 0 Å². The van der Waals surface area contributed by atoms with E-state index in [-0.39, 0.29) is 6.04 Å². The van der Waals surface area contributed by atoms with Gasteiger partial charge in [0.05, 0.1) is 6.04 Å². The molecule has 2 rings (SSSR count). The van der Waals surface area contributed by atoms with E-state index >= 15 is 0 Å². The topological polar surface area (TPSA) is 32.3 Å². The number of likely N-dealkylation sites (tertiary alicyclic amines) is 1. The standard InChI is InChI=1S/C13H24N2O/c1-2-4-13(16)12-5-3-10-15(12)11-6-8-14-9-7-11/h11-12,14H,2-10H2,1H3. The monoisotopic (exact) mass is 224 g/mol. The highest BCUT2D eigenvalue weighted by Gasteiger charge is 2.34. The fourth-order valence-electron chi connectivity index (χ4n) is 3.12. The number of nitrogens with zero attached hydrogens (tertiary/aromatic N) is 1. The molecule has 0 amide bonds. The van der Waals surface area contributed by atoms with E-state index in [1.807, 2.05) is 0 Å². The van der Waals surface area contributed by atoms with Gasteiger partial charge in [-0.1, -0.05) is 6.92 Å². The second kappa shape index (κ2) is 5.78. The molecule has 2 aliphatic rings. The molecular formula is C13H24N2O. The Balaban J connectivity index is 1.93. The van der Waals surface area contributed by atoms with Gasteiger partial charge in [-0.25, -0.2) is 0 Å². The van der Waals surface area contributed by atoms with Gasteiger partial charge in [-0.05, 0) is 51.7 Å². The average Bonchev–Trinajstić information content (AvgIpc) is 2.79. The van der Waals surface area contributed by atoms with Crippen molar-refractivity contribution in [3.8, 4) is 0 Å². The summed E-state index contributed by atoms with van der Waals surface area (Å²) in [5.74, 6) is 0.485. The molecule has 0 spiro atoms. The van der Waals surface area contributed by atoms with Crippen molar-refractivity contribution >= 4 is 5.78 Å². The first kappa shape index (κ1) is 12.1. The maximum atomic E-state index is 12.0. The second-order valence-electron chi connectivity index (χ2n) is 5.09. The summed E-state index contributed by atoms with van der Waals surface area (Å²) in [6.45, 7) is 5.48. The maximum Gasteiger partial charge on any atom is 0.149 e. The molecular weight excluding hydrogens is 200 g/mol. The van der Waals surface area contributed by atoms with Gasteiger partial charge in [0.2, 0.25) is 0 Å². The zero-order valence-electron chi connectivity index (χ0n) is 10.4. The number of Topliss-reactive ketones (excluding diaryl/α,β-unsaturated/α-hetero) is 1. The minimum atomic E-state index is 0.253. The Morgan fingerprint density at radius 2 is 2.06 bits per heavy atom. The number of piperidine rings is 1. The van der Waals surface area contributed by atoms with Crippen LogP contribution < -0.4 is 5.32 Å². The summed E-state index contributed by atoms with van der Waals surface area (Å²) in [4.78, 5) is 14.5. The zero-order chi connectivity index (χ0) is 11.4. The minimum Gasteiger partial charge on any atom is -0.317 e. The van der Waals surface area contributed by atoms with Gasteiger partial charge < -0.3 is 5.32 Å². The molecule has 92 valence electrons. The lowest BCUT2D eigenvalue weighted by Crippen LogP contribution is -2.47. The third-order valence-electron chi connectivity index (χ3n) is 3.94. The van der Waals surface area contributed by atoms with Crippen molar-refractivity contribution in [2.45, 2.75) is 57.5 Å². The smallest absolute Gasteiger partial charge is 0.149 e. The largest absolute Gasteiger partial charge is 0.317 e. The molecule has 0 aromatic carbocycles. The molecule has 0 aliphatic carbocycles. The van der Waals surface area contributed by atoms with Crippen molar-refractivity contribution in [2.75, 3.05) is 19.6 Å². The number of carbonyl (C=O) groups excluding carboxylic acids is 1. The zero-order valence-corrected chi connectivity index (χ0v) is 10.4. The van der Waals surface area contributed by atoms with E-state index in [9.17, 15) is 4.79 Å². The summed E-state index contributed by atoms with van der Waals surface area (Å²) < 4.78 is 0. The highest BCUT2D eigenvalue weighted by Crippen LogP contribution is 2.25. The third kappa shape index (κ3) is 2.64. The van der Waals surface area contributed by atoms with E-state index < -0.39 is 0 Å². The molecule has 3 heteroatoms. The lowest BCUT2D eigenvalue weighted by atomic mass is 10.0. The van der Waals surface area contributed by atoms with Crippen LogP contribution in [0.15, 0.2) is 0 Å². The molecule has 0 bridgehead atoms. The van der Waals surface area contributed by atoms with Crippen LogP contribution in [0.4, 0.5) is 0 Å². The van der Waals surface area contributed by atoms with E-state index in [1.54, 1.807) is 0 Å². The molecule has 0 aromatic rings. The first-order valence-electron chi connectivity index (χ1n) is 6.82. The van der Waals surface area contributed by atoms with Crippen LogP contribution in [-0.4, -0.2) is 42.4 Å². The highest BCUT2D eigenvalue weighted by molar-refractivity contribution is 5.84. The number of carbonyl (C=O) groups is 1. The Kier molecular flexibility index (Phi) is 4.36. The summed E-state index contributed by atoms with van der Waals surface area (Å²) in [6, 6.07) is 0.914. The van der Waals surface area contributed by atoms with Gasteiger partial charge in [0.1, 0.15) is 5.78 Å². The van der Waals surface area contributed by atoms with Crippen LogP contribution in [0, 0.1) is 0 Å². The summed E-state index contributed by atoms with van der Waals surface area (Å²) in [6.07, 6.45) is 6.51. The van der Waals surface area contributed by atoms with Crippen molar-refractivity contribution in [3.63, 3.8) is 0 Å². The fraction of sp³-hybridized carbons (Fsp3) is 0.923. The number of nitrogens with one attached hydrogen (secondary N) is 1. The Morgan fingerprint density at radius 3 is 2.75 bits per heavy atom. The van der Waals surface area contributed by atoms with Gasteiger partial charge in [0.25, 0.3) is 0 Å². The van der Waals surface area contributed by atoms with Gasteiger partial charge in [0.15, 0.2) is 0 Å². The van der Waals surface area contributed by atoms with Crippen LogP contribution >= 0.6 is 0 Å². The Labute approximate surface area is 98.6 Å². The van der Waals surface area contributed by atoms with Crippen molar-refractivity contribution in [1.82, 2.24) is 10.2 Å². The van der Waals surface area contributed by atoms with E-state index in [4.69, 9.17) is 0 Å². The summed E-state index contributed by atoms with van der Waals surface area (Å²) in [5.41, 5.74) is 0. The van der Waals surface area contributed by atoms with Crippen LogP contribution in [-0.2, 0) is 4.79 Å². The van der Waals surface area contributed by atoms with Gasteiger partial charge in [-0.3, -0.25) is 9.69 Å². The Bertz CT molecular complexity index is 236. The quantitative estimate of drug-likeness (QED) is 0.787. The summed E-state index contributed by atoms with van der Waals surface area (Å²) in [7, 11) is 0. The molecule has 1 atom stereocenters. The number of hydrogen-bond donors (Lipinski definition) is 1. The minimum absolute atomic E-state index is 0.253. The number of hydrogen-bond acceptors (Lipinski definition) is 3. The maximum absolute atomic E-state index is 12.0. The molecule has 2 saturated heterocycles.